The van der Waals surface area contributed by atoms with Crippen LogP contribution >= 0.6 is 0 Å². The zero-order valence-electron chi connectivity index (χ0n) is 10.0. The molecule has 0 amide bonds. The summed E-state index contributed by atoms with van der Waals surface area (Å²) in [6.07, 6.45) is 6.16. The molecule has 3 N–H and O–H groups in total. The van der Waals surface area contributed by atoms with Gasteiger partial charge in [0, 0.05) is 6.04 Å². The van der Waals surface area contributed by atoms with E-state index >= 15 is 0 Å². The molecule has 0 aromatic rings. The minimum absolute atomic E-state index is 0.156. The first-order valence-electron chi connectivity index (χ1n) is 6.21. The van der Waals surface area contributed by atoms with Gasteiger partial charge in [0.05, 0.1) is 18.3 Å². The van der Waals surface area contributed by atoms with Crippen LogP contribution in [0, 0.1) is 0 Å². The van der Waals surface area contributed by atoms with Gasteiger partial charge in [0.2, 0.25) is 0 Å². The monoisotopic (exact) mass is 215 g/mol. The van der Waals surface area contributed by atoms with Crippen molar-refractivity contribution in [3.8, 4) is 0 Å². The maximum atomic E-state index is 10.1. The molecule has 1 rings (SSSR count). The molecular weight excluding hydrogens is 190 g/mol. The van der Waals surface area contributed by atoms with Crippen molar-refractivity contribution in [1.29, 1.82) is 0 Å². The first kappa shape index (κ1) is 12.9. The predicted octanol–water partition coefficient (Wildman–Crippen LogP) is 1.82. The molecule has 1 aliphatic carbocycles. The van der Waals surface area contributed by atoms with Crippen LogP contribution in [-0.2, 0) is 4.74 Å². The Morgan fingerprint density at radius 2 is 1.87 bits per heavy atom. The van der Waals surface area contributed by atoms with Crippen LogP contribution in [0.25, 0.3) is 0 Å². The van der Waals surface area contributed by atoms with Crippen molar-refractivity contribution >= 4 is 0 Å². The summed E-state index contributed by atoms with van der Waals surface area (Å²) in [5.41, 5.74) is 5.33. The third kappa shape index (κ3) is 3.74. The van der Waals surface area contributed by atoms with Crippen molar-refractivity contribution in [2.45, 2.75) is 70.1 Å². The van der Waals surface area contributed by atoms with Crippen LogP contribution in [0.2, 0.25) is 0 Å². The second kappa shape index (κ2) is 5.83. The molecule has 15 heavy (non-hydrogen) atoms. The van der Waals surface area contributed by atoms with Crippen molar-refractivity contribution in [1.82, 2.24) is 0 Å². The second-order valence-corrected chi connectivity index (χ2v) is 4.73. The van der Waals surface area contributed by atoms with E-state index in [0.717, 1.165) is 25.7 Å². The van der Waals surface area contributed by atoms with E-state index in [1.165, 1.54) is 12.8 Å². The highest BCUT2D eigenvalue weighted by Gasteiger charge is 2.28. The molecular formula is C12H25NO2. The molecule has 0 aliphatic heterocycles. The zero-order chi connectivity index (χ0) is 11.3. The van der Waals surface area contributed by atoms with Crippen molar-refractivity contribution in [3.63, 3.8) is 0 Å². The van der Waals surface area contributed by atoms with Crippen LogP contribution in [0.5, 0.6) is 0 Å². The Morgan fingerprint density at radius 3 is 2.40 bits per heavy atom. The highest BCUT2D eigenvalue weighted by atomic mass is 16.5. The molecule has 0 aromatic carbocycles. The minimum Gasteiger partial charge on any atom is -0.388 e. The van der Waals surface area contributed by atoms with Crippen LogP contribution in [0.4, 0.5) is 0 Å². The van der Waals surface area contributed by atoms with Gasteiger partial charge >= 0.3 is 0 Å². The van der Waals surface area contributed by atoms with Gasteiger partial charge in [-0.3, -0.25) is 0 Å². The molecule has 1 fully saturated rings. The van der Waals surface area contributed by atoms with E-state index in [2.05, 4.69) is 0 Å². The number of hydrogen-bond acceptors (Lipinski definition) is 3. The number of ether oxygens (including phenoxy) is 1. The van der Waals surface area contributed by atoms with Crippen LogP contribution in [0.3, 0.4) is 0 Å². The Labute approximate surface area is 93.0 Å². The summed E-state index contributed by atoms with van der Waals surface area (Å²) in [6.45, 7) is 4.42. The Hall–Kier alpha value is -0.120. The van der Waals surface area contributed by atoms with Gasteiger partial charge in [-0.15, -0.1) is 0 Å². The lowest BCUT2D eigenvalue weighted by Gasteiger charge is -2.32. The van der Waals surface area contributed by atoms with E-state index in [1.807, 2.05) is 13.8 Å². The van der Waals surface area contributed by atoms with E-state index in [0.29, 0.717) is 6.61 Å². The summed E-state index contributed by atoms with van der Waals surface area (Å²) < 4.78 is 5.77. The molecule has 0 spiro atoms. The van der Waals surface area contributed by atoms with Crippen molar-refractivity contribution in [2.75, 3.05) is 6.61 Å². The molecule has 2 unspecified atom stereocenters. The Morgan fingerprint density at radius 1 is 1.27 bits per heavy atom. The second-order valence-electron chi connectivity index (χ2n) is 4.73. The van der Waals surface area contributed by atoms with Gasteiger partial charge in [-0.25, -0.2) is 0 Å². The number of aliphatic hydroxyl groups is 1. The molecule has 3 nitrogen and oxygen atoms in total. The van der Waals surface area contributed by atoms with Gasteiger partial charge in [-0.05, 0) is 25.7 Å². The largest absolute Gasteiger partial charge is 0.388 e. The molecule has 0 aromatic heterocycles. The van der Waals surface area contributed by atoms with Crippen LogP contribution in [0.15, 0.2) is 0 Å². The summed E-state index contributed by atoms with van der Waals surface area (Å²) in [7, 11) is 0. The molecule has 1 saturated carbocycles. The SMILES string of the molecule is CCC(O)(CC)COC1CCCCC1N. The van der Waals surface area contributed by atoms with E-state index in [4.69, 9.17) is 10.5 Å². The Bertz CT molecular complexity index is 180. The average molecular weight is 215 g/mol. The van der Waals surface area contributed by atoms with E-state index < -0.39 is 5.60 Å². The fourth-order valence-corrected chi connectivity index (χ4v) is 2.05. The third-order valence-corrected chi connectivity index (χ3v) is 3.64. The molecule has 0 bridgehead atoms. The van der Waals surface area contributed by atoms with Gasteiger partial charge in [0.1, 0.15) is 0 Å². The predicted molar refractivity (Wildman–Crippen MR) is 61.7 cm³/mol. The molecule has 0 radical (unpaired) electrons. The van der Waals surface area contributed by atoms with Crippen molar-refractivity contribution < 1.29 is 9.84 Å². The van der Waals surface area contributed by atoms with Gasteiger partial charge in [-0.2, -0.15) is 0 Å². The summed E-state index contributed by atoms with van der Waals surface area (Å²) in [6, 6.07) is 0.164. The summed E-state index contributed by atoms with van der Waals surface area (Å²) in [5.74, 6) is 0. The smallest absolute Gasteiger partial charge is 0.0875 e. The lowest BCUT2D eigenvalue weighted by atomic mass is 9.92. The lowest BCUT2D eigenvalue weighted by Crippen LogP contribution is -2.43. The minimum atomic E-state index is -0.656. The maximum absolute atomic E-state index is 10.1. The fourth-order valence-electron chi connectivity index (χ4n) is 2.05. The summed E-state index contributed by atoms with van der Waals surface area (Å²) in [4.78, 5) is 0. The lowest BCUT2D eigenvalue weighted by molar-refractivity contribution is -0.0888. The van der Waals surface area contributed by atoms with E-state index in [-0.39, 0.29) is 12.1 Å². The number of nitrogens with two attached hydrogens (primary N) is 1. The Balaban J connectivity index is 2.34. The average Bonchev–Trinajstić information content (AvgIpc) is 2.28. The third-order valence-electron chi connectivity index (χ3n) is 3.64. The standard InChI is InChI=1S/C12H25NO2/c1-3-12(14,4-2)9-15-11-8-6-5-7-10(11)13/h10-11,14H,3-9,13H2,1-2H3. The van der Waals surface area contributed by atoms with E-state index in [1.54, 1.807) is 0 Å². The van der Waals surface area contributed by atoms with Gasteiger partial charge < -0.3 is 15.6 Å². The molecule has 2 atom stereocenters. The van der Waals surface area contributed by atoms with E-state index in [9.17, 15) is 5.11 Å². The quantitative estimate of drug-likeness (QED) is 0.735. The number of rotatable bonds is 5. The molecule has 1 aliphatic rings. The van der Waals surface area contributed by atoms with Crippen molar-refractivity contribution in [3.05, 3.63) is 0 Å². The first-order chi connectivity index (χ1) is 7.11. The maximum Gasteiger partial charge on any atom is 0.0875 e. The van der Waals surface area contributed by atoms with Gasteiger partial charge in [0.25, 0.3) is 0 Å². The topological polar surface area (TPSA) is 55.5 Å². The fraction of sp³-hybridized carbons (Fsp3) is 1.00. The highest BCUT2D eigenvalue weighted by molar-refractivity contribution is 4.81. The van der Waals surface area contributed by atoms with Crippen molar-refractivity contribution in [2.24, 2.45) is 5.73 Å². The normalized spacial score (nSPS) is 28.0. The van der Waals surface area contributed by atoms with Crippen LogP contribution < -0.4 is 5.73 Å². The molecule has 90 valence electrons. The van der Waals surface area contributed by atoms with Gasteiger partial charge in [0.15, 0.2) is 0 Å². The molecule has 3 heteroatoms. The van der Waals surface area contributed by atoms with Crippen LogP contribution in [-0.4, -0.2) is 29.5 Å². The number of hydrogen-bond donors (Lipinski definition) is 2. The highest BCUT2D eigenvalue weighted by Crippen LogP contribution is 2.22. The first-order valence-corrected chi connectivity index (χ1v) is 6.21. The summed E-state index contributed by atoms with van der Waals surface area (Å²) in [5, 5.41) is 10.1. The molecule has 0 heterocycles. The molecule has 0 saturated heterocycles. The summed E-state index contributed by atoms with van der Waals surface area (Å²) >= 11 is 0. The Kier molecular flexibility index (Phi) is 5.03. The zero-order valence-corrected chi connectivity index (χ0v) is 10.0. The van der Waals surface area contributed by atoms with Gasteiger partial charge in [-0.1, -0.05) is 26.7 Å². The van der Waals surface area contributed by atoms with Crippen LogP contribution in [0.1, 0.15) is 52.4 Å².